The van der Waals surface area contributed by atoms with Gasteiger partial charge < -0.3 is 55.1 Å². The number of rotatable bonds is 4. The molecule has 8 N–H and O–H groups in total. The lowest BCUT2D eigenvalue weighted by atomic mass is 9.97. The third kappa shape index (κ3) is 3.65. The summed E-state index contributed by atoms with van der Waals surface area (Å²) in [5, 5.41) is 76.5. The molecule has 0 spiro atoms. The van der Waals surface area contributed by atoms with Crippen LogP contribution in [-0.4, -0.2) is 115 Å². The summed E-state index contributed by atoms with van der Waals surface area (Å²) < 4.78 is 15.3. The van der Waals surface area contributed by atoms with E-state index in [0.717, 1.165) is 0 Å². The van der Waals surface area contributed by atoms with E-state index in [0.29, 0.717) is 0 Å². The summed E-state index contributed by atoms with van der Waals surface area (Å²) >= 11 is 0. The minimum Gasteiger partial charge on any atom is -0.394 e. The molecule has 11 heteroatoms. The van der Waals surface area contributed by atoms with Crippen LogP contribution in [0.25, 0.3) is 0 Å². The maximum atomic E-state index is 9.94. The summed E-state index contributed by atoms with van der Waals surface area (Å²) in [7, 11) is 0. The van der Waals surface area contributed by atoms with Gasteiger partial charge in [0.05, 0.1) is 13.2 Å². The van der Waals surface area contributed by atoms with E-state index in [1.165, 1.54) is 0 Å². The highest BCUT2D eigenvalue weighted by Gasteiger charge is 2.50. The first kappa shape index (κ1) is 18.9. The van der Waals surface area contributed by atoms with Gasteiger partial charge in [-0.25, -0.2) is 0 Å². The maximum Gasteiger partial charge on any atom is 0.187 e. The molecule has 0 bridgehead atoms. The van der Waals surface area contributed by atoms with Crippen LogP contribution in [0.4, 0.5) is 0 Å². The molecule has 136 valence electrons. The Labute approximate surface area is 130 Å². The Morgan fingerprint density at radius 1 is 0.652 bits per heavy atom. The fourth-order valence-electron chi connectivity index (χ4n) is 2.57. The summed E-state index contributed by atoms with van der Waals surface area (Å²) in [6.07, 6.45) is -15.6. The normalized spacial score (nSPS) is 51.7. The number of hydrogen-bond donors (Lipinski definition) is 8. The molecule has 2 saturated heterocycles. The Bertz CT molecular complexity index is 378. The molecular weight excluding hydrogens is 320 g/mol. The van der Waals surface area contributed by atoms with Crippen molar-refractivity contribution in [3.8, 4) is 0 Å². The monoisotopic (exact) mass is 342 g/mol. The zero-order valence-corrected chi connectivity index (χ0v) is 12.0. The second kappa shape index (κ2) is 7.63. The van der Waals surface area contributed by atoms with E-state index in [-0.39, 0.29) is 0 Å². The maximum absolute atomic E-state index is 9.94. The highest BCUT2D eigenvalue weighted by molar-refractivity contribution is 4.93. The minimum atomic E-state index is -1.74. The van der Waals surface area contributed by atoms with Gasteiger partial charge in [0, 0.05) is 0 Å². The predicted molar refractivity (Wildman–Crippen MR) is 68.6 cm³/mol. The molecule has 0 radical (unpaired) electrons. The standard InChI is InChI=1S/C12H22O11/c13-1-3-5(15)6(16)9(19)12(22-3)23-10-4(2-14)21-11(20)8(18)7(10)17/h3-20H,1-2H2/t3-,4-,5-,6+,7-,8-,9-,10+,11-,12+/m1/s1. The Morgan fingerprint density at radius 2 is 1.26 bits per heavy atom. The first-order chi connectivity index (χ1) is 10.8. The van der Waals surface area contributed by atoms with Crippen molar-refractivity contribution in [3.63, 3.8) is 0 Å². The van der Waals surface area contributed by atoms with Crippen molar-refractivity contribution in [2.24, 2.45) is 0 Å². The third-order valence-corrected chi connectivity index (χ3v) is 3.98. The molecule has 0 saturated carbocycles. The smallest absolute Gasteiger partial charge is 0.187 e. The molecule has 0 aromatic rings. The Hall–Kier alpha value is -0.440. The van der Waals surface area contributed by atoms with Crippen LogP contribution in [0.1, 0.15) is 0 Å². The topological polar surface area (TPSA) is 190 Å². The van der Waals surface area contributed by atoms with Crippen molar-refractivity contribution in [1.82, 2.24) is 0 Å². The van der Waals surface area contributed by atoms with Crippen LogP contribution in [0.15, 0.2) is 0 Å². The van der Waals surface area contributed by atoms with Gasteiger partial charge in [0.25, 0.3) is 0 Å². The Balaban J connectivity index is 2.11. The summed E-state index contributed by atoms with van der Waals surface area (Å²) in [6.45, 7) is -1.35. The van der Waals surface area contributed by atoms with Gasteiger partial charge in [0.15, 0.2) is 12.6 Å². The lowest BCUT2D eigenvalue weighted by Crippen LogP contribution is -2.64. The van der Waals surface area contributed by atoms with E-state index in [1.54, 1.807) is 0 Å². The van der Waals surface area contributed by atoms with Gasteiger partial charge in [-0.15, -0.1) is 0 Å². The molecule has 2 rings (SSSR count). The SMILES string of the molecule is OC[C@H]1O[C@@H](O[C@@H]2[C@H](O)[C@@H](O)[C@H](O)O[C@@H]2CO)[C@H](O)[C@@H](O)[C@@H]1O. The van der Waals surface area contributed by atoms with E-state index in [1.807, 2.05) is 0 Å². The van der Waals surface area contributed by atoms with E-state index in [9.17, 15) is 35.7 Å². The quantitative estimate of drug-likeness (QED) is 0.243. The largest absolute Gasteiger partial charge is 0.394 e. The molecule has 2 aliphatic rings. The molecule has 2 heterocycles. The fourth-order valence-corrected chi connectivity index (χ4v) is 2.57. The summed E-state index contributed by atoms with van der Waals surface area (Å²) in [5.41, 5.74) is 0. The Kier molecular flexibility index (Phi) is 6.27. The molecule has 0 aliphatic carbocycles. The molecule has 10 atom stereocenters. The predicted octanol–water partition coefficient (Wildman–Crippen LogP) is -5.40. The van der Waals surface area contributed by atoms with Gasteiger partial charge in [-0.3, -0.25) is 0 Å². The highest BCUT2D eigenvalue weighted by Crippen LogP contribution is 2.28. The van der Waals surface area contributed by atoms with Gasteiger partial charge in [-0.05, 0) is 0 Å². The van der Waals surface area contributed by atoms with E-state index >= 15 is 0 Å². The van der Waals surface area contributed by atoms with Gasteiger partial charge >= 0.3 is 0 Å². The van der Waals surface area contributed by atoms with Crippen molar-refractivity contribution in [3.05, 3.63) is 0 Å². The van der Waals surface area contributed by atoms with Crippen LogP contribution in [-0.2, 0) is 14.2 Å². The average Bonchev–Trinajstić information content (AvgIpc) is 2.55. The van der Waals surface area contributed by atoms with Gasteiger partial charge in [-0.2, -0.15) is 0 Å². The molecular formula is C12H22O11. The van der Waals surface area contributed by atoms with Gasteiger partial charge in [0.2, 0.25) is 0 Å². The molecule has 2 aliphatic heterocycles. The first-order valence-corrected chi connectivity index (χ1v) is 7.08. The van der Waals surface area contributed by atoms with E-state index in [4.69, 9.17) is 19.3 Å². The summed E-state index contributed by atoms with van der Waals surface area (Å²) in [4.78, 5) is 0. The first-order valence-electron chi connectivity index (χ1n) is 7.08. The Morgan fingerprint density at radius 3 is 1.83 bits per heavy atom. The van der Waals surface area contributed by atoms with Crippen LogP contribution >= 0.6 is 0 Å². The molecule has 2 fully saturated rings. The van der Waals surface area contributed by atoms with E-state index in [2.05, 4.69) is 0 Å². The number of aliphatic hydroxyl groups is 8. The number of hydrogen-bond acceptors (Lipinski definition) is 11. The van der Waals surface area contributed by atoms with Crippen molar-refractivity contribution in [1.29, 1.82) is 0 Å². The van der Waals surface area contributed by atoms with Crippen LogP contribution in [0.2, 0.25) is 0 Å². The summed E-state index contributed by atoms with van der Waals surface area (Å²) in [5.74, 6) is 0. The highest BCUT2D eigenvalue weighted by atomic mass is 16.7. The summed E-state index contributed by atoms with van der Waals surface area (Å²) in [6, 6.07) is 0. The number of aliphatic hydroxyl groups excluding tert-OH is 8. The van der Waals surface area contributed by atoms with Crippen LogP contribution < -0.4 is 0 Å². The fraction of sp³-hybridized carbons (Fsp3) is 1.00. The molecule has 0 amide bonds. The molecule has 23 heavy (non-hydrogen) atoms. The molecule has 0 aromatic carbocycles. The van der Waals surface area contributed by atoms with Crippen LogP contribution in [0, 0.1) is 0 Å². The lowest BCUT2D eigenvalue weighted by molar-refractivity contribution is -0.355. The van der Waals surface area contributed by atoms with Crippen LogP contribution in [0.5, 0.6) is 0 Å². The second-order valence-electron chi connectivity index (χ2n) is 5.53. The second-order valence-corrected chi connectivity index (χ2v) is 5.53. The molecule has 11 nitrogen and oxygen atoms in total. The molecule has 0 aromatic heterocycles. The van der Waals surface area contributed by atoms with E-state index < -0.39 is 74.6 Å². The number of ether oxygens (including phenoxy) is 3. The zero-order chi connectivity index (χ0) is 17.3. The van der Waals surface area contributed by atoms with Gasteiger partial charge in [-0.1, -0.05) is 0 Å². The average molecular weight is 342 g/mol. The van der Waals surface area contributed by atoms with Crippen molar-refractivity contribution < 1.29 is 55.1 Å². The van der Waals surface area contributed by atoms with Crippen molar-refractivity contribution in [2.45, 2.75) is 61.4 Å². The zero-order valence-electron chi connectivity index (χ0n) is 12.0. The van der Waals surface area contributed by atoms with Gasteiger partial charge in [0.1, 0.15) is 48.8 Å². The lowest BCUT2D eigenvalue weighted by Gasteiger charge is -2.45. The van der Waals surface area contributed by atoms with Crippen molar-refractivity contribution >= 4 is 0 Å². The van der Waals surface area contributed by atoms with Crippen LogP contribution in [0.3, 0.4) is 0 Å². The third-order valence-electron chi connectivity index (χ3n) is 3.98. The minimum absolute atomic E-state index is 0.667. The van der Waals surface area contributed by atoms with Crippen molar-refractivity contribution in [2.75, 3.05) is 13.2 Å². The molecule has 0 unspecified atom stereocenters.